The van der Waals surface area contributed by atoms with Crippen molar-refractivity contribution in [3.63, 3.8) is 0 Å². The highest BCUT2D eigenvalue weighted by molar-refractivity contribution is 7.13. The van der Waals surface area contributed by atoms with Crippen LogP contribution in [0.2, 0.25) is 0 Å². The second-order valence-electron chi connectivity index (χ2n) is 5.56. The number of anilines is 1. The first-order valence-corrected chi connectivity index (χ1v) is 9.11. The summed E-state index contributed by atoms with van der Waals surface area (Å²) >= 11 is 1.55. The summed E-state index contributed by atoms with van der Waals surface area (Å²) in [6.07, 6.45) is 0.458. The van der Waals surface area contributed by atoms with Crippen molar-refractivity contribution in [2.24, 2.45) is 0 Å². The molecule has 0 aliphatic heterocycles. The number of methoxy groups -OCH3 is 2. The van der Waals surface area contributed by atoms with Crippen molar-refractivity contribution >= 4 is 22.9 Å². The Hall–Kier alpha value is -2.86. The minimum absolute atomic E-state index is 0.00110. The summed E-state index contributed by atoms with van der Waals surface area (Å²) in [7, 11) is 3.24. The van der Waals surface area contributed by atoms with Crippen LogP contribution < -0.4 is 14.8 Å². The van der Waals surface area contributed by atoms with E-state index < -0.39 is 0 Å². The smallest absolute Gasteiger partial charge is 0.224 e. The summed E-state index contributed by atoms with van der Waals surface area (Å²) in [5, 5.41) is 5.71. The molecule has 5 nitrogen and oxygen atoms in total. The Kier molecular flexibility index (Phi) is 5.53. The number of benzene rings is 2. The van der Waals surface area contributed by atoms with Gasteiger partial charge in [0.2, 0.25) is 5.91 Å². The van der Waals surface area contributed by atoms with E-state index in [4.69, 9.17) is 14.5 Å². The second kappa shape index (κ2) is 8.01. The molecule has 0 saturated carbocycles. The Morgan fingerprint density at radius 1 is 1.12 bits per heavy atom. The Labute approximate surface area is 156 Å². The quantitative estimate of drug-likeness (QED) is 0.676. The molecule has 1 N–H and O–H groups in total. The fourth-order valence-electron chi connectivity index (χ4n) is 2.56. The third kappa shape index (κ3) is 3.70. The maximum Gasteiger partial charge on any atom is 0.224 e. The fraction of sp³-hybridized carbons (Fsp3) is 0.200. The molecule has 1 aromatic heterocycles. The molecule has 134 valence electrons. The van der Waals surface area contributed by atoms with E-state index in [1.54, 1.807) is 25.6 Å². The molecule has 0 unspecified atom stereocenters. The molecule has 0 aliphatic rings. The number of para-hydroxylation sites is 1. The van der Waals surface area contributed by atoms with Crippen LogP contribution in [0.4, 0.5) is 5.69 Å². The molecule has 0 spiro atoms. The van der Waals surface area contributed by atoms with Gasteiger partial charge in [0.15, 0.2) is 11.5 Å². The molecule has 2 aromatic carbocycles. The number of hydrogen-bond donors (Lipinski definition) is 1. The first kappa shape index (κ1) is 17.9. The molecule has 26 heavy (non-hydrogen) atoms. The molecular formula is C20H20N2O3S. The van der Waals surface area contributed by atoms with Gasteiger partial charge in [-0.1, -0.05) is 25.1 Å². The number of ether oxygens (including phenoxy) is 2. The van der Waals surface area contributed by atoms with Crippen LogP contribution in [0.15, 0.2) is 47.8 Å². The number of nitrogens with zero attached hydrogens (tertiary/aromatic N) is 1. The number of hydrogen-bond acceptors (Lipinski definition) is 5. The monoisotopic (exact) mass is 368 g/mol. The van der Waals surface area contributed by atoms with Crippen molar-refractivity contribution in [3.8, 4) is 33.3 Å². The molecule has 0 atom stereocenters. The first-order chi connectivity index (χ1) is 12.7. The van der Waals surface area contributed by atoms with Gasteiger partial charge in [0.25, 0.3) is 0 Å². The summed E-state index contributed by atoms with van der Waals surface area (Å²) in [5.41, 5.74) is 3.55. The van der Waals surface area contributed by atoms with Crippen LogP contribution in [0, 0.1) is 0 Å². The van der Waals surface area contributed by atoms with Gasteiger partial charge in [-0.15, -0.1) is 11.3 Å². The second-order valence-corrected chi connectivity index (χ2v) is 6.42. The third-order valence-electron chi connectivity index (χ3n) is 3.92. The Morgan fingerprint density at radius 3 is 2.54 bits per heavy atom. The summed E-state index contributed by atoms with van der Waals surface area (Å²) in [6, 6.07) is 13.4. The van der Waals surface area contributed by atoms with Crippen LogP contribution in [-0.2, 0) is 4.79 Å². The van der Waals surface area contributed by atoms with Gasteiger partial charge < -0.3 is 14.8 Å². The van der Waals surface area contributed by atoms with Crippen molar-refractivity contribution in [2.75, 3.05) is 19.5 Å². The lowest BCUT2D eigenvalue weighted by Crippen LogP contribution is -2.08. The van der Waals surface area contributed by atoms with E-state index in [1.807, 2.05) is 54.8 Å². The lowest BCUT2D eigenvalue weighted by molar-refractivity contribution is -0.115. The van der Waals surface area contributed by atoms with Crippen LogP contribution in [0.1, 0.15) is 13.3 Å². The molecule has 0 aliphatic carbocycles. The largest absolute Gasteiger partial charge is 0.493 e. The SMILES string of the molecule is CCC(=O)Nc1ccc(-c2csc(-c3cccc(OC)c3OC)n2)cc1. The zero-order chi connectivity index (χ0) is 18.5. The van der Waals surface area contributed by atoms with Crippen molar-refractivity contribution < 1.29 is 14.3 Å². The van der Waals surface area contributed by atoms with E-state index in [9.17, 15) is 4.79 Å². The molecule has 6 heteroatoms. The van der Waals surface area contributed by atoms with Gasteiger partial charge in [-0.2, -0.15) is 0 Å². The molecular weight excluding hydrogens is 348 g/mol. The average molecular weight is 368 g/mol. The van der Waals surface area contributed by atoms with Crippen molar-refractivity contribution in [1.82, 2.24) is 4.98 Å². The molecule has 0 saturated heterocycles. The number of aromatic nitrogens is 1. The van der Waals surface area contributed by atoms with Gasteiger partial charge in [-0.05, 0) is 24.3 Å². The minimum atomic E-state index is -0.00110. The summed E-state index contributed by atoms with van der Waals surface area (Å²) < 4.78 is 10.9. The predicted molar refractivity (Wildman–Crippen MR) is 105 cm³/mol. The summed E-state index contributed by atoms with van der Waals surface area (Å²) in [6.45, 7) is 1.83. The van der Waals surface area contributed by atoms with Crippen LogP contribution in [-0.4, -0.2) is 25.1 Å². The molecule has 0 radical (unpaired) electrons. The number of carbonyl (C=O) groups excluding carboxylic acids is 1. The lowest BCUT2D eigenvalue weighted by atomic mass is 10.1. The van der Waals surface area contributed by atoms with Gasteiger partial charge >= 0.3 is 0 Å². The third-order valence-corrected chi connectivity index (χ3v) is 4.80. The minimum Gasteiger partial charge on any atom is -0.493 e. The number of thiazole rings is 1. The molecule has 3 rings (SSSR count). The highest BCUT2D eigenvalue weighted by atomic mass is 32.1. The van der Waals surface area contributed by atoms with Crippen LogP contribution in [0.3, 0.4) is 0 Å². The fourth-order valence-corrected chi connectivity index (χ4v) is 3.41. The van der Waals surface area contributed by atoms with Crippen LogP contribution in [0.25, 0.3) is 21.8 Å². The normalized spacial score (nSPS) is 10.4. The van der Waals surface area contributed by atoms with E-state index in [0.29, 0.717) is 17.9 Å². The zero-order valence-electron chi connectivity index (χ0n) is 14.9. The maximum absolute atomic E-state index is 11.5. The standard InChI is InChI=1S/C20H20N2O3S/c1-4-18(23)21-14-10-8-13(9-11-14)16-12-26-20(22-16)15-6-5-7-17(24-2)19(15)25-3/h5-12H,4H2,1-3H3,(H,21,23). The number of amides is 1. The topological polar surface area (TPSA) is 60.5 Å². The number of carbonyl (C=O) groups is 1. The van der Waals surface area contributed by atoms with Crippen LogP contribution in [0.5, 0.6) is 11.5 Å². The molecule has 3 aromatic rings. The van der Waals surface area contributed by atoms with Crippen molar-refractivity contribution in [2.45, 2.75) is 13.3 Å². The van der Waals surface area contributed by atoms with Gasteiger partial charge in [-0.25, -0.2) is 4.98 Å². The summed E-state index contributed by atoms with van der Waals surface area (Å²) in [5.74, 6) is 1.35. The van der Waals surface area contributed by atoms with Gasteiger partial charge in [-0.3, -0.25) is 4.79 Å². The maximum atomic E-state index is 11.5. The van der Waals surface area contributed by atoms with E-state index in [2.05, 4.69) is 5.32 Å². The Bertz CT molecular complexity index is 904. The van der Waals surface area contributed by atoms with Gasteiger partial charge in [0.05, 0.1) is 25.5 Å². The summed E-state index contributed by atoms with van der Waals surface area (Å²) in [4.78, 5) is 16.2. The van der Waals surface area contributed by atoms with E-state index >= 15 is 0 Å². The Morgan fingerprint density at radius 2 is 1.88 bits per heavy atom. The predicted octanol–water partition coefficient (Wildman–Crippen LogP) is 4.84. The van der Waals surface area contributed by atoms with E-state index in [-0.39, 0.29) is 5.91 Å². The van der Waals surface area contributed by atoms with Crippen molar-refractivity contribution in [1.29, 1.82) is 0 Å². The Balaban J connectivity index is 1.88. The highest BCUT2D eigenvalue weighted by Crippen LogP contribution is 2.40. The molecule has 1 amide bonds. The van der Waals surface area contributed by atoms with Crippen molar-refractivity contribution in [3.05, 3.63) is 47.8 Å². The lowest BCUT2D eigenvalue weighted by Gasteiger charge is -2.10. The number of rotatable bonds is 6. The molecule has 0 bridgehead atoms. The first-order valence-electron chi connectivity index (χ1n) is 8.23. The van der Waals surface area contributed by atoms with Crippen LogP contribution >= 0.6 is 11.3 Å². The number of nitrogens with one attached hydrogen (secondary N) is 1. The highest BCUT2D eigenvalue weighted by Gasteiger charge is 2.15. The average Bonchev–Trinajstić information content (AvgIpc) is 3.17. The molecule has 0 fully saturated rings. The van der Waals surface area contributed by atoms with Gasteiger partial charge in [0, 0.05) is 23.1 Å². The van der Waals surface area contributed by atoms with E-state index in [0.717, 1.165) is 27.5 Å². The molecule has 1 heterocycles. The van der Waals surface area contributed by atoms with Gasteiger partial charge in [0.1, 0.15) is 5.01 Å². The zero-order valence-corrected chi connectivity index (χ0v) is 15.7. The van der Waals surface area contributed by atoms with E-state index in [1.165, 1.54) is 0 Å².